The van der Waals surface area contributed by atoms with Crippen LogP contribution in [0.15, 0.2) is 79.1 Å². The Labute approximate surface area is 300 Å². The first-order valence-electron chi connectivity index (χ1n) is 19.2. The standard InChI is InChI=1S/C42H59N5O3/c1-49-40-18-22-44-30-35(40)32-46-26-20-39(21-27-46)47(31-34-16-17-34)24-9-4-10-28-50-29-11-23-45-25-19-38(33-45)42(41(43)48,36-12-5-2-6-13-36)37-14-7-3-8-15-37/h2-3,5-8,12-15,18,22,30,34,38-39H,4,9-11,16-17,19-21,23-29,31-33H2,1H3,(H2,43,48)/t38-/m1/s1. The number of carbonyl (C=O) groups is 1. The molecule has 1 atom stereocenters. The van der Waals surface area contributed by atoms with E-state index in [2.05, 4.69) is 43.9 Å². The number of aromatic nitrogens is 1. The van der Waals surface area contributed by atoms with Gasteiger partial charge in [-0.2, -0.15) is 0 Å². The number of unbranched alkanes of at least 4 members (excludes halogenated alkanes) is 2. The van der Waals surface area contributed by atoms with Crippen molar-refractivity contribution in [2.75, 3.05) is 66.1 Å². The third-order valence-corrected chi connectivity index (χ3v) is 11.5. The van der Waals surface area contributed by atoms with Gasteiger partial charge < -0.3 is 25.0 Å². The normalized spacial score (nSPS) is 19.3. The average molecular weight is 682 g/mol. The van der Waals surface area contributed by atoms with E-state index in [1.54, 1.807) is 13.3 Å². The van der Waals surface area contributed by atoms with Crippen LogP contribution in [0.1, 0.15) is 74.5 Å². The number of benzene rings is 2. The number of likely N-dealkylation sites (tertiary alicyclic amines) is 2. The Bertz CT molecular complexity index is 1400. The Hall–Kier alpha value is -3.30. The summed E-state index contributed by atoms with van der Waals surface area (Å²) < 4.78 is 11.7. The molecule has 3 aliphatic rings. The summed E-state index contributed by atoms with van der Waals surface area (Å²) in [4.78, 5) is 25.6. The number of hydrogen-bond acceptors (Lipinski definition) is 7. The summed E-state index contributed by atoms with van der Waals surface area (Å²) in [5.74, 6) is 1.74. The molecule has 8 nitrogen and oxygen atoms in total. The van der Waals surface area contributed by atoms with E-state index in [0.29, 0.717) is 6.04 Å². The fourth-order valence-electron chi connectivity index (χ4n) is 8.57. The summed E-state index contributed by atoms with van der Waals surface area (Å²) in [6.07, 6.45) is 14.6. The van der Waals surface area contributed by atoms with Crippen LogP contribution < -0.4 is 10.5 Å². The highest BCUT2D eigenvalue weighted by Crippen LogP contribution is 2.43. The summed E-state index contributed by atoms with van der Waals surface area (Å²) in [7, 11) is 1.74. The quantitative estimate of drug-likeness (QED) is 0.144. The SMILES string of the molecule is COc1ccncc1CN1CCC(N(CCCCCOCCCN2CC[C@@H](C(C(N)=O)(c3ccccc3)c3ccccc3)C2)CC2CC2)CC1. The van der Waals surface area contributed by atoms with Gasteiger partial charge in [0.1, 0.15) is 11.2 Å². The number of ether oxygens (including phenoxy) is 2. The summed E-state index contributed by atoms with van der Waals surface area (Å²) in [5, 5.41) is 0. The number of rotatable bonds is 20. The zero-order valence-corrected chi connectivity index (χ0v) is 30.3. The smallest absolute Gasteiger partial charge is 0.232 e. The van der Waals surface area contributed by atoms with E-state index in [-0.39, 0.29) is 11.8 Å². The molecule has 0 bridgehead atoms. The van der Waals surface area contributed by atoms with Crippen molar-refractivity contribution < 1.29 is 14.3 Å². The largest absolute Gasteiger partial charge is 0.496 e. The predicted molar refractivity (Wildman–Crippen MR) is 200 cm³/mol. The van der Waals surface area contributed by atoms with E-state index in [1.165, 1.54) is 57.2 Å². The Kier molecular flexibility index (Phi) is 13.3. The molecular weight excluding hydrogens is 622 g/mol. The van der Waals surface area contributed by atoms with Crippen molar-refractivity contribution in [2.24, 2.45) is 17.6 Å². The molecule has 1 saturated carbocycles. The van der Waals surface area contributed by atoms with Crippen molar-refractivity contribution in [2.45, 2.75) is 75.8 Å². The molecule has 0 unspecified atom stereocenters. The minimum Gasteiger partial charge on any atom is -0.496 e. The van der Waals surface area contributed by atoms with Crippen LogP contribution in [0.3, 0.4) is 0 Å². The highest BCUT2D eigenvalue weighted by atomic mass is 16.5. The van der Waals surface area contributed by atoms with Crippen molar-refractivity contribution in [1.82, 2.24) is 19.7 Å². The molecule has 50 heavy (non-hydrogen) atoms. The molecule has 8 heteroatoms. The Morgan fingerprint density at radius 3 is 2.20 bits per heavy atom. The van der Waals surface area contributed by atoms with Crippen molar-refractivity contribution in [3.05, 3.63) is 95.8 Å². The maximum absolute atomic E-state index is 13.4. The molecule has 2 aliphatic heterocycles. The lowest BCUT2D eigenvalue weighted by Gasteiger charge is -2.39. The number of methoxy groups -OCH3 is 1. The van der Waals surface area contributed by atoms with E-state index < -0.39 is 5.41 Å². The fourth-order valence-corrected chi connectivity index (χ4v) is 8.57. The van der Waals surface area contributed by atoms with Crippen molar-refractivity contribution in [3.63, 3.8) is 0 Å². The molecule has 3 fully saturated rings. The highest BCUT2D eigenvalue weighted by molar-refractivity contribution is 5.91. The van der Waals surface area contributed by atoms with E-state index in [4.69, 9.17) is 15.2 Å². The summed E-state index contributed by atoms with van der Waals surface area (Å²) >= 11 is 0. The van der Waals surface area contributed by atoms with Gasteiger partial charge in [0, 0.05) is 63.4 Å². The molecule has 0 radical (unpaired) electrons. The highest BCUT2D eigenvalue weighted by Gasteiger charge is 2.49. The van der Waals surface area contributed by atoms with Gasteiger partial charge in [0.25, 0.3) is 0 Å². The number of pyridine rings is 1. The first-order chi connectivity index (χ1) is 24.6. The van der Waals surface area contributed by atoms with Gasteiger partial charge in [-0.3, -0.25) is 14.7 Å². The molecule has 270 valence electrons. The zero-order valence-electron chi connectivity index (χ0n) is 30.3. The fraction of sp³-hybridized carbons (Fsp3) is 0.571. The molecule has 1 aromatic heterocycles. The second-order valence-corrected chi connectivity index (χ2v) is 14.9. The van der Waals surface area contributed by atoms with E-state index >= 15 is 0 Å². The molecule has 6 rings (SSSR count). The first kappa shape index (κ1) is 36.5. The maximum Gasteiger partial charge on any atom is 0.232 e. The number of nitrogens with two attached hydrogens (primary N) is 1. The van der Waals surface area contributed by atoms with Crippen LogP contribution in [-0.4, -0.2) is 97.8 Å². The number of nitrogens with zero attached hydrogens (tertiary/aromatic N) is 4. The van der Waals surface area contributed by atoms with Gasteiger partial charge in [0.2, 0.25) is 5.91 Å². The van der Waals surface area contributed by atoms with Gasteiger partial charge in [-0.15, -0.1) is 0 Å². The molecule has 2 N–H and O–H groups in total. The topological polar surface area (TPSA) is 84.2 Å². The van der Waals surface area contributed by atoms with Crippen LogP contribution >= 0.6 is 0 Å². The minimum absolute atomic E-state index is 0.133. The van der Waals surface area contributed by atoms with Crippen LogP contribution in [-0.2, 0) is 21.5 Å². The van der Waals surface area contributed by atoms with Crippen LogP contribution in [0.5, 0.6) is 5.75 Å². The predicted octanol–water partition coefficient (Wildman–Crippen LogP) is 6.14. The monoisotopic (exact) mass is 681 g/mol. The van der Waals surface area contributed by atoms with Gasteiger partial charge in [0.15, 0.2) is 0 Å². The number of amides is 1. The molecule has 1 aliphatic carbocycles. The van der Waals surface area contributed by atoms with Crippen molar-refractivity contribution >= 4 is 5.91 Å². The lowest BCUT2D eigenvalue weighted by atomic mass is 9.64. The van der Waals surface area contributed by atoms with E-state index in [0.717, 1.165) is 94.5 Å². The minimum atomic E-state index is -0.825. The van der Waals surface area contributed by atoms with Crippen LogP contribution in [0, 0.1) is 11.8 Å². The zero-order chi connectivity index (χ0) is 34.6. The molecule has 2 saturated heterocycles. The average Bonchev–Trinajstić information content (AvgIpc) is 3.86. The van der Waals surface area contributed by atoms with Crippen LogP contribution in [0.2, 0.25) is 0 Å². The number of primary amides is 1. The molecule has 0 spiro atoms. The molecule has 2 aromatic carbocycles. The molecule has 3 aromatic rings. The second-order valence-electron chi connectivity index (χ2n) is 14.9. The third-order valence-electron chi connectivity index (χ3n) is 11.5. The van der Waals surface area contributed by atoms with Crippen molar-refractivity contribution in [3.8, 4) is 5.75 Å². The summed E-state index contributed by atoms with van der Waals surface area (Å²) in [6, 6.07) is 23.0. The summed E-state index contributed by atoms with van der Waals surface area (Å²) in [5.41, 5.74) is 8.63. The van der Waals surface area contributed by atoms with Crippen molar-refractivity contribution in [1.29, 1.82) is 0 Å². The Morgan fingerprint density at radius 2 is 1.54 bits per heavy atom. The second kappa shape index (κ2) is 18.3. The first-order valence-corrected chi connectivity index (χ1v) is 19.2. The number of carbonyl (C=O) groups excluding carboxylic acids is 1. The molecule has 1 amide bonds. The third kappa shape index (κ3) is 9.32. The lowest BCUT2D eigenvalue weighted by Crippen LogP contribution is -2.49. The lowest BCUT2D eigenvalue weighted by molar-refractivity contribution is -0.123. The van der Waals surface area contributed by atoms with Crippen LogP contribution in [0.4, 0.5) is 0 Å². The maximum atomic E-state index is 13.4. The van der Waals surface area contributed by atoms with Gasteiger partial charge in [-0.05, 0) is 113 Å². The Morgan fingerprint density at radius 1 is 0.860 bits per heavy atom. The number of hydrogen-bond donors (Lipinski definition) is 1. The van der Waals surface area contributed by atoms with Crippen LogP contribution in [0.25, 0.3) is 0 Å². The Balaban J connectivity index is 0.876. The van der Waals surface area contributed by atoms with Gasteiger partial charge in [-0.25, -0.2) is 0 Å². The van der Waals surface area contributed by atoms with E-state index in [9.17, 15) is 4.79 Å². The molecule has 3 heterocycles. The number of piperidine rings is 1. The van der Waals surface area contributed by atoms with Gasteiger partial charge >= 0.3 is 0 Å². The van der Waals surface area contributed by atoms with E-state index in [1.807, 2.05) is 48.7 Å². The van der Waals surface area contributed by atoms with Gasteiger partial charge in [0.05, 0.1) is 7.11 Å². The van der Waals surface area contributed by atoms with Gasteiger partial charge in [-0.1, -0.05) is 60.7 Å². The summed E-state index contributed by atoms with van der Waals surface area (Å²) in [6.45, 7) is 10.2. The molecular formula is C42H59N5O3.